The topological polar surface area (TPSA) is 209 Å². The van der Waals surface area contributed by atoms with E-state index in [2.05, 4.69) is 9.71 Å². The van der Waals surface area contributed by atoms with E-state index in [1.807, 2.05) is 25.9 Å². The number of aliphatic hydroxyl groups is 1. The van der Waals surface area contributed by atoms with Gasteiger partial charge >= 0.3 is 18.0 Å². The zero-order chi connectivity index (χ0) is 47.3. The molecule has 0 saturated carbocycles. The van der Waals surface area contributed by atoms with Crippen molar-refractivity contribution in [1.29, 1.82) is 0 Å². The number of likely N-dealkylation sites (N-methyl/N-ethyl adjacent to an activating group) is 1. The summed E-state index contributed by atoms with van der Waals surface area (Å²) in [7, 11) is 1.23. The first-order valence-corrected chi connectivity index (χ1v) is 23.6. The van der Waals surface area contributed by atoms with Crippen LogP contribution in [0.2, 0.25) is 0 Å². The highest BCUT2D eigenvalue weighted by molar-refractivity contribution is 7.89. The number of cyclic esters (lactones) is 1. The third-order valence-electron chi connectivity index (χ3n) is 13.4. The Hall–Kier alpha value is -4.04. The van der Waals surface area contributed by atoms with Crippen molar-refractivity contribution in [3.8, 4) is 0 Å². The zero-order valence-electron chi connectivity index (χ0n) is 39.0. The molecule has 64 heavy (non-hydrogen) atoms. The molecule has 0 aliphatic carbocycles. The van der Waals surface area contributed by atoms with Crippen LogP contribution in [0, 0.1) is 23.7 Å². The molecule has 1 aromatic heterocycles. The highest BCUT2D eigenvalue weighted by Crippen LogP contribution is 2.44. The minimum absolute atomic E-state index is 0.0386. The number of nitrogens with one attached hydrogen (secondary N) is 1. The molecule has 1 amide bonds. The van der Waals surface area contributed by atoms with E-state index in [1.54, 1.807) is 91.1 Å². The first-order chi connectivity index (χ1) is 30.1. The first kappa shape index (κ1) is 51.0. The molecule has 4 heterocycles. The maximum absolute atomic E-state index is 14.9. The Morgan fingerprint density at radius 3 is 2.30 bits per heavy atom. The van der Waals surface area contributed by atoms with Crippen molar-refractivity contribution < 1.29 is 61.1 Å². The van der Waals surface area contributed by atoms with Gasteiger partial charge in [-0.2, -0.15) is 0 Å². The number of rotatable bonds is 13. The lowest BCUT2D eigenvalue weighted by molar-refractivity contribution is -0.301. The molecule has 5 rings (SSSR count). The first-order valence-electron chi connectivity index (χ1n) is 22.2. The average Bonchev–Trinajstić information content (AvgIpc) is 3.52. The van der Waals surface area contributed by atoms with Crippen LogP contribution in [0.4, 0.5) is 4.79 Å². The summed E-state index contributed by atoms with van der Waals surface area (Å²) in [6, 6.07) is 11.6. The third kappa shape index (κ3) is 11.1. The number of hydrogen-bond acceptors (Lipinski definition) is 15. The molecule has 3 aliphatic heterocycles. The minimum Gasteiger partial charge on any atom is -0.461 e. The second-order valence-electron chi connectivity index (χ2n) is 18.3. The van der Waals surface area contributed by atoms with Gasteiger partial charge in [-0.25, -0.2) is 17.9 Å². The van der Waals surface area contributed by atoms with Gasteiger partial charge in [0.25, 0.3) is 0 Å². The number of ketones is 1. The van der Waals surface area contributed by atoms with Gasteiger partial charge in [-0.1, -0.05) is 52.0 Å². The molecule has 356 valence electrons. The number of aromatic nitrogens is 1. The Morgan fingerprint density at radius 1 is 1.02 bits per heavy atom. The molecule has 3 saturated heterocycles. The Bertz CT molecular complexity index is 2030. The van der Waals surface area contributed by atoms with E-state index >= 15 is 0 Å². The molecular weight excluding hydrogens is 849 g/mol. The van der Waals surface area contributed by atoms with Gasteiger partial charge < -0.3 is 38.4 Å². The van der Waals surface area contributed by atoms with Crippen molar-refractivity contribution in [2.24, 2.45) is 23.7 Å². The summed E-state index contributed by atoms with van der Waals surface area (Å²) < 4.78 is 67.0. The van der Waals surface area contributed by atoms with Crippen LogP contribution in [-0.4, -0.2) is 147 Å². The molecule has 3 fully saturated rings. The predicted octanol–water partition coefficient (Wildman–Crippen LogP) is 4.15. The monoisotopic (exact) mass is 916 g/mol. The van der Waals surface area contributed by atoms with Crippen LogP contribution in [0.25, 0.3) is 0 Å². The van der Waals surface area contributed by atoms with E-state index in [0.29, 0.717) is 12.1 Å². The number of pyridine rings is 1. The number of hydrogen-bond donors (Lipinski definition) is 2. The van der Waals surface area contributed by atoms with Crippen LogP contribution in [0.15, 0.2) is 59.6 Å². The fourth-order valence-electron chi connectivity index (χ4n) is 9.89. The fourth-order valence-corrected chi connectivity index (χ4v) is 10.9. The van der Waals surface area contributed by atoms with Crippen LogP contribution in [-0.2, 0) is 59.2 Å². The fraction of sp³-hybridized carbons (Fsp3) is 0.674. The van der Waals surface area contributed by atoms with Crippen molar-refractivity contribution >= 4 is 33.8 Å². The summed E-state index contributed by atoms with van der Waals surface area (Å²) in [5, 5.41) is 11.7. The van der Waals surface area contributed by atoms with Gasteiger partial charge in [-0.15, -0.1) is 0 Å². The maximum atomic E-state index is 14.9. The molecule has 0 radical (unpaired) electrons. The summed E-state index contributed by atoms with van der Waals surface area (Å²) in [5.41, 5.74) is -2.52. The van der Waals surface area contributed by atoms with E-state index in [9.17, 15) is 32.7 Å². The van der Waals surface area contributed by atoms with Crippen molar-refractivity contribution in [1.82, 2.24) is 19.5 Å². The number of carbonyl (C=O) groups is 4. The number of ether oxygens (including phenoxy) is 6. The van der Waals surface area contributed by atoms with Crippen LogP contribution >= 0.6 is 0 Å². The molecule has 0 bridgehead atoms. The zero-order valence-corrected chi connectivity index (χ0v) is 39.8. The predicted molar refractivity (Wildman–Crippen MR) is 234 cm³/mol. The number of methoxy groups -OCH3 is 1. The second-order valence-corrected chi connectivity index (χ2v) is 20.0. The molecule has 2 N–H and O–H groups in total. The lowest BCUT2D eigenvalue weighted by Crippen LogP contribution is -2.61. The number of benzene rings is 1. The van der Waals surface area contributed by atoms with Gasteiger partial charge in [-0.05, 0) is 85.3 Å². The molecule has 3 aliphatic rings. The van der Waals surface area contributed by atoms with Gasteiger partial charge in [-0.3, -0.25) is 24.3 Å². The van der Waals surface area contributed by atoms with Crippen molar-refractivity contribution in [2.45, 2.75) is 146 Å². The number of nitrogens with zero attached hydrogens (tertiary/aromatic N) is 3. The number of carbonyl (C=O) groups excluding carboxylic acids is 4. The third-order valence-corrected chi connectivity index (χ3v) is 14.8. The van der Waals surface area contributed by atoms with Crippen molar-refractivity contribution in [2.75, 3.05) is 34.3 Å². The number of sulfonamides is 1. The van der Waals surface area contributed by atoms with Crippen molar-refractivity contribution in [3.05, 3.63) is 60.4 Å². The van der Waals surface area contributed by atoms with Crippen LogP contribution in [0.5, 0.6) is 0 Å². The highest BCUT2D eigenvalue weighted by atomic mass is 32.2. The van der Waals surface area contributed by atoms with Crippen molar-refractivity contribution in [3.63, 3.8) is 0 Å². The Morgan fingerprint density at radius 2 is 1.69 bits per heavy atom. The Kier molecular flexibility index (Phi) is 16.8. The van der Waals surface area contributed by atoms with Gasteiger partial charge in [0.2, 0.25) is 10.0 Å². The molecule has 14 atom stereocenters. The smallest absolute Gasteiger partial charge is 0.410 e. The molecule has 18 heteroatoms. The van der Waals surface area contributed by atoms with Crippen LogP contribution < -0.4 is 4.72 Å². The van der Waals surface area contributed by atoms with E-state index < -0.39 is 99.7 Å². The average molecular weight is 917 g/mol. The van der Waals surface area contributed by atoms with Gasteiger partial charge in [0.05, 0.1) is 46.8 Å². The molecule has 17 nitrogen and oxygen atoms in total. The Labute approximate surface area is 377 Å². The summed E-state index contributed by atoms with van der Waals surface area (Å²) in [6.07, 6.45) is -4.81. The number of amides is 1. The standard InChI is InChI=1S/C46H68N4O13S/c1-12-35-46(8)40(50(44(55)63-46)23-22-48-64(56,57)33-19-14-13-15-20-33)29(4)37(52)27(2)26-45(7,58-11)41(62-43-38(53)34(49(9)10)24-28(3)59-43)30(5)39(31(6)42(54)60-35)61-36(51)25-32-18-16-17-21-47-32/h13-21,27-31,34-35,38-41,43,48,53H,12,22-26H2,1-11H3/t27-,28-,29-,30-,31-,34+,35+,38-,39-,40+,41-,43+,45-,46-/m1/s1. The largest absolute Gasteiger partial charge is 0.461 e. The van der Waals surface area contributed by atoms with Gasteiger partial charge in [0, 0.05) is 50.2 Å². The summed E-state index contributed by atoms with van der Waals surface area (Å²) >= 11 is 0. The van der Waals surface area contributed by atoms with E-state index in [-0.39, 0.29) is 55.2 Å². The quantitative estimate of drug-likeness (QED) is 0.214. The normalized spacial score (nSPS) is 35.6. The lowest BCUT2D eigenvalue weighted by atomic mass is 9.73. The molecule has 2 aromatic rings. The molecule has 0 spiro atoms. The van der Waals surface area contributed by atoms with Crippen LogP contribution in [0.1, 0.15) is 80.3 Å². The molecule has 0 unspecified atom stereocenters. The molecule has 1 aromatic carbocycles. The van der Waals surface area contributed by atoms with E-state index in [0.717, 1.165) is 0 Å². The van der Waals surface area contributed by atoms with E-state index in [1.165, 1.54) is 24.1 Å². The minimum atomic E-state index is -3.96. The SMILES string of the molecule is CC[C@@H]1OC(=O)[C@H](C)[C@H](OC(=O)Cc2ccccn2)[C@@H](C)[C@@H](O[C@@H]2O[C@H](C)C[C@H](N(C)C)[C@H]2O)[C@](C)(OC)C[C@@H](C)C(=O)[C@@H](C)[C@@H]2N(CCNS(=O)(=O)c3ccccc3)C(=O)O[C@]12C. The van der Waals surface area contributed by atoms with Gasteiger partial charge in [0.15, 0.2) is 11.9 Å². The number of aliphatic hydroxyl groups excluding tert-OH is 1. The summed E-state index contributed by atoms with van der Waals surface area (Å²) in [6.45, 7) is 13.4. The number of Topliss-reactive ketones (excluding diaryl/α,β-unsaturated/α-hetero) is 1. The number of fused-ring (bicyclic) bond motifs is 1. The molecular formula is C46H68N4O13S. The van der Waals surface area contributed by atoms with Gasteiger partial charge in [0.1, 0.15) is 24.1 Å². The van der Waals surface area contributed by atoms with E-state index in [4.69, 9.17) is 28.4 Å². The summed E-state index contributed by atoms with van der Waals surface area (Å²) in [5.74, 6) is -5.46. The lowest BCUT2D eigenvalue weighted by Gasteiger charge is -2.48. The maximum Gasteiger partial charge on any atom is 0.410 e. The second kappa shape index (κ2) is 21.1. The number of esters is 2. The summed E-state index contributed by atoms with van der Waals surface area (Å²) in [4.78, 5) is 64.9. The highest BCUT2D eigenvalue weighted by Gasteiger charge is 2.60. The van der Waals surface area contributed by atoms with Crippen LogP contribution in [0.3, 0.4) is 0 Å². The Balaban J connectivity index is 1.58.